The molecule has 2 unspecified atom stereocenters. The van der Waals surface area contributed by atoms with Crippen molar-refractivity contribution in [1.82, 2.24) is 10.2 Å². The molecule has 0 aliphatic carbocycles. The molecule has 2 atom stereocenters. The number of nitrogens with one attached hydrogen (secondary N) is 1. The zero-order valence-electron chi connectivity index (χ0n) is 11.3. The molecule has 1 N–H and O–H groups in total. The number of carbonyl (C=O) groups excluding carboxylic acids is 1. The first-order valence-corrected chi connectivity index (χ1v) is 5.96. The van der Waals surface area contributed by atoms with Crippen molar-refractivity contribution in [2.24, 2.45) is 0 Å². The van der Waals surface area contributed by atoms with Gasteiger partial charge < -0.3 is 4.90 Å². The van der Waals surface area contributed by atoms with Gasteiger partial charge in [0.2, 0.25) is 5.91 Å². The molecule has 3 nitrogen and oxygen atoms in total. The van der Waals surface area contributed by atoms with Crippen molar-refractivity contribution in [3.05, 3.63) is 35.4 Å². The summed E-state index contributed by atoms with van der Waals surface area (Å²) in [4.78, 5) is 13.4. The maximum atomic E-state index is 11.8. The van der Waals surface area contributed by atoms with E-state index in [1.807, 2.05) is 19.1 Å². The number of rotatable bonds is 4. The molecule has 1 rings (SSSR count). The van der Waals surface area contributed by atoms with Crippen LogP contribution in [0.5, 0.6) is 0 Å². The van der Waals surface area contributed by atoms with E-state index in [1.165, 1.54) is 11.1 Å². The largest absolute Gasteiger partial charge is 0.347 e. The lowest BCUT2D eigenvalue weighted by molar-refractivity contribution is -0.130. The highest BCUT2D eigenvalue weighted by atomic mass is 16.2. The molecule has 0 bridgehead atoms. The second-order valence-corrected chi connectivity index (χ2v) is 4.70. The van der Waals surface area contributed by atoms with Gasteiger partial charge in [-0.05, 0) is 31.9 Å². The Morgan fingerprint density at radius 1 is 1.24 bits per heavy atom. The molecule has 0 saturated heterocycles. The van der Waals surface area contributed by atoms with E-state index >= 15 is 0 Å². The van der Waals surface area contributed by atoms with Crippen molar-refractivity contribution in [1.29, 1.82) is 0 Å². The highest BCUT2D eigenvalue weighted by molar-refractivity contribution is 5.80. The van der Waals surface area contributed by atoms with E-state index in [2.05, 4.69) is 31.3 Å². The highest BCUT2D eigenvalue weighted by Gasteiger charge is 2.18. The summed E-state index contributed by atoms with van der Waals surface area (Å²) in [5.74, 6) is 0.102. The number of aryl methyl sites for hydroxylation is 1. The summed E-state index contributed by atoms with van der Waals surface area (Å²) in [7, 11) is 3.55. The van der Waals surface area contributed by atoms with Crippen LogP contribution in [0.25, 0.3) is 0 Å². The summed E-state index contributed by atoms with van der Waals surface area (Å²) in [6.07, 6.45) is 0. The van der Waals surface area contributed by atoms with Crippen LogP contribution in [0, 0.1) is 6.92 Å². The average Bonchev–Trinajstić information content (AvgIpc) is 2.28. The molecule has 1 amide bonds. The Bertz CT molecular complexity index is 388. The molecule has 0 aromatic heterocycles. The fourth-order valence-corrected chi connectivity index (χ4v) is 2.00. The Hall–Kier alpha value is -1.35. The number of amides is 1. The number of nitrogens with zero attached hydrogens (tertiary/aromatic N) is 1. The maximum absolute atomic E-state index is 11.8. The number of likely N-dealkylation sites (N-methyl/N-ethyl adjacent to an activating group) is 1. The number of hydrogen-bond acceptors (Lipinski definition) is 2. The fraction of sp³-hybridized carbons (Fsp3) is 0.500. The predicted octanol–water partition coefficient (Wildman–Crippen LogP) is 2.12. The van der Waals surface area contributed by atoms with Gasteiger partial charge in [-0.15, -0.1) is 0 Å². The molecule has 17 heavy (non-hydrogen) atoms. The van der Waals surface area contributed by atoms with E-state index in [0.717, 1.165) is 0 Å². The number of benzene rings is 1. The third-order valence-corrected chi connectivity index (χ3v) is 2.97. The first-order valence-electron chi connectivity index (χ1n) is 5.96. The van der Waals surface area contributed by atoms with Gasteiger partial charge in [0.1, 0.15) is 0 Å². The van der Waals surface area contributed by atoms with E-state index in [1.54, 1.807) is 19.0 Å². The summed E-state index contributed by atoms with van der Waals surface area (Å²) in [5.41, 5.74) is 2.49. The van der Waals surface area contributed by atoms with Crippen LogP contribution in [-0.4, -0.2) is 30.9 Å². The standard InChI is InChI=1S/C14H22N2O/c1-10-8-6-7-9-13(10)11(2)15-12(3)14(17)16(4)5/h6-9,11-12,15H,1-5H3. The molecule has 0 heterocycles. The molecule has 3 heteroatoms. The molecule has 0 radical (unpaired) electrons. The zero-order valence-corrected chi connectivity index (χ0v) is 11.3. The SMILES string of the molecule is Cc1ccccc1C(C)NC(C)C(=O)N(C)C. The number of carbonyl (C=O) groups is 1. The molecule has 0 saturated carbocycles. The Labute approximate surface area is 104 Å². The lowest BCUT2D eigenvalue weighted by Crippen LogP contribution is -2.42. The Kier molecular flexibility index (Phi) is 4.70. The van der Waals surface area contributed by atoms with Gasteiger partial charge in [0.15, 0.2) is 0 Å². The summed E-state index contributed by atoms with van der Waals surface area (Å²) < 4.78 is 0. The normalized spacial score (nSPS) is 14.2. The minimum Gasteiger partial charge on any atom is -0.347 e. The van der Waals surface area contributed by atoms with Gasteiger partial charge in [-0.25, -0.2) is 0 Å². The monoisotopic (exact) mass is 234 g/mol. The Balaban J connectivity index is 2.70. The first-order chi connectivity index (χ1) is 7.93. The van der Waals surface area contributed by atoms with Gasteiger partial charge in [0.25, 0.3) is 0 Å². The third-order valence-electron chi connectivity index (χ3n) is 2.97. The second-order valence-electron chi connectivity index (χ2n) is 4.70. The minimum atomic E-state index is -0.167. The Morgan fingerprint density at radius 3 is 2.35 bits per heavy atom. The molecule has 0 aliphatic heterocycles. The van der Waals surface area contributed by atoms with Crippen molar-refractivity contribution >= 4 is 5.91 Å². The predicted molar refractivity (Wildman–Crippen MR) is 70.9 cm³/mol. The van der Waals surface area contributed by atoms with Crippen LogP contribution in [0.1, 0.15) is 31.0 Å². The molecule has 1 aromatic rings. The molecule has 0 spiro atoms. The van der Waals surface area contributed by atoms with Crippen LogP contribution in [0.15, 0.2) is 24.3 Å². The second kappa shape index (κ2) is 5.82. The number of hydrogen-bond donors (Lipinski definition) is 1. The maximum Gasteiger partial charge on any atom is 0.238 e. The van der Waals surface area contributed by atoms with E-state index in [9.17, 15) is 4.79 Å². The van der Waals surface area contributed by atoms with Crippen LogP contribution >= 0.6 is 0 Å². The highest BCUT2D eigenvalue weighted by Crippen LogP contribution is 2.17. The summed E-state index contributed by atoms with van der Waals surface area (Å²) in [6.45, 7) is 6.07. The van der Waals surface area contributed by atoms with E-state index in [-0.39, 0.29) is 18.0 Å². The average molecular weight is 234 g/mol. The van der Waals surface area contributed by atoms with Crippen molar-refractivity contribution < 1.29 is 4.79 Å². The van der Waals surface area contributed by atoms with Crippen LogP contribution in [0.4, 0.5) is 0 Å². The van der Waals surface area contributed by atoms with Gasteiger partial charge >= 0.3 is 0 Å². The summed E-state index contributed by atoms with van der Waals surface area (Å²) in [5, 5.41) is 3.33. The smallest absolute Gasteiger partial charge is 0.238 e. The lowest BCUT2D eigenvalue weighted by Gasteiger charge is -2.23. The quantitative estimate of drug-likeness (QED) is 0.865. The van der Waals surface area contributed by atoms with Gasteiger partial charge in [-0.3, -0.25) is 10.1 Å². The van der Waals surface area contributed by atoms with Crippen LogP contribution in [0.2, 0.25) is 0 Å². The minimum absolute atomic E-state index is 0.102. The van der Waals surface area contributed by atoms with Crippen molar-refractivity contribution in [2.75, 3.05) is 14.1 Å². The molecular formula is C14H22N2O. The van der Waals surface area contributed by atoms with Crippen LogP contribution in [-0.2, 0) is 4.79 Å². The topological polar surface area (TPSA) is 32.3 Å². The molecule has 94 valence electrons. The summed E-state index contributed by atoms with van der Waals surface area (Å²) in [6, 6.07) is 8.25. The van der Waals surface area contributed by atoms with Crippen molar-refractivity contribution in [3.63, 3.8) is 0 Å². The van der Waals surface area contributed by atoms with Crippen LogP contribution < -0.4 is 5.32 Å². The van der Waals surface area contributed by atoms with Gasteiger partial charge in [-0.1, -0.05) is 24.3 Å². The molecule has 1 aromatic carbocycles. The molecule has 0 aliphatic rings. The summed E-state index contributed by atoms with van der Waals surface area (Å²) >= 11 is 0. The molecule has 0 fully saturated rings. The van der Waals surface area contributed by atoms with E-state index < -0.39 is 0 Å². The Morgan fingerprint density at radius 2 is 1.82 bits per heavy atom. The van der Waals surface area contributed by atoms with E-state index in [4.69, 9.17) is 0 Å². The van der Waals surface area contributed by atoms with Crippen molar-refractivity contribution in [3.8, 4) is 0 Å². The van der Waals surface area contributed by atoms with Crippen molar-refractivity contribution in [2.45, 2.75) is 32.9 Å². The van der Waals surface area contributed by atoms with Gasteiger partial charge in [-0.2, -0.15) is 0 Å². The van der Waals surface area contributed by atoms with Gasteiger partial charge in [0, 0.05) is 20.1 Å². The zero-order chi connectivity index (χ0) is 13.0. The lowest BCUT2D eigenvalue weighted by atomic mass is 10.0. The molecular weight excluding hydrogens is 212 g/mol. The third kappa shape index (κ3) is 3.56. The van der Waals surface area contributed by atoms with E-state index in [0.29, 0.717) is 0 Å². The van der Waals surface area contributed by atoms with Crippen LogP contribution in [0.3, 0.4) is 0 Å². The van der Waals surface area contributed by atoms with Gasteiger partial charge in [0.05, 0.1) is 6.04 Å². The first kappa shape index (κ1) is 13.7. The fourth-order valence-electron chi connectivity index (χ4n) is 2.00.